The average Bonchev–Trinajstić information content (AvgIpc) is 3.11. The molecule has 0 spiro atoms. The van der Waals surface area contributed by atoms with Crippen molar-refractivity contribution in [2.45, 2.75) is 57.9 Å². The van der Waals surface area contributed by atoms with E-state index in [-0.39, 0.29) is 24.3 Å². The smallest absolute Gasteiger partial charge is 0.343 e. The van der Waals surface area contributed by atoms with Crippen LogP contribution in [0.2, 0.25) is 0 Å². The van der Waals surface area contributed by atoms with Gasteiger partial charge >= 0.3 is 11.9 Å². The normalized spacial score (nSPS) is 11.1. The summed E-state index contributed by atoms with van der Waals surface area (Å²) in [5.74, 6) is -1.62. The van der Waals surface area contributed by atoms with E-state index in [4.69, 9.17) is 14.7 Å². The molecule has 4 aromatic carbocycles. The van der Waals surface area contributed by atoms with Crippen LogP contribution in [0.1, 0.15) is 76.4 Å². The van der Waals surface area contributed by atoms with Crippen LogP contribution in [-0.4, -0.2) is 41.5 Å². The second-order valence-electron chi connectivity index (χ2n) is 11.5. The molecule has 0 aromatic heterocycles. The maximum Gasteiger partial charge on any atom is 0.343 e. The number of rotatable bonds is 17. The highest BCUT2D eigenvalue weighted by Crippen LogP contribution is 2.19. The Bertz CT molecular complexity index is 1750. The Balaban J connectivity index is 1.24. The molecule has 1 atom stereocenters. The quantitative estimate of drug-likeness (QED) is 0.0639. The third kappa shape index (κ3) is 11.7. The number of carboxylic acid groups (broad SMARTS) is 1. The van der Waals surface area contributed by atoms with Crippen molar-refractivity contribution in [2.24, 2.45) is 0 Å². The molecule has 0 saturated heterocycles. The molecule has 1 unspecified atom stereocenters. The Kier molecular flexibility index (Phi) is 13.5. The zero-order valence-corrected chi connectivity index (χ0v) is 27.3. The van der Waals surface area contributed by atoms with E-state index in [1.807, 2.05) is 6.07 Å². The zero-order chi connectivity index (χ0) is 35.0. The van der Waals surface area contributed by atoms with E-state index in [0.717, 1.165) is 18.4 Å². The summed E-state index contributed by atoms with van der Waals surface area (Å²) in [5, 5.41) is 24.0. The van der Waals surface area contributed by atoms with Crippen molar-refractivity contribution in [1.82, 2.24) is 5.32 Å². The number of unbranched alkanes of at least 4 members (excludes halogenated alkanes) is 4. The molecule has 0 heterocycles. The van der Waals surface area contributed by atoms with Crippen molar-refractivity contribution >= 4 is 29.4 Å². The number of aliphatic carboxylic acids is 1. The number of carbonyl (C=O) groups excluding carboxylic acids is 3. The number of benzene rings is 4. The maximum absolute atomic E-state index is 12.9. The van der Waals surface area contributed by atoms with Gasteiger partial charge in [0.05, 0.1) is 30.2 Å². The molecule has 0 aliphatic carbocycles. The number of carbonyl (C=O) groups is 4. The van der Waals surface area contributed by atoms with Crippen LogP contribution in [0.15, 0.2) is 97.1 Å². The predicted octanol–water partition coefficient (Wildman–Crippen LogP) is 6.73. The topological polar surface area (TPSA) is 155 Å². The van der Waals surface area contributed by atoms with Gasteiger partial charge in [-0.2, -0.15) is 5.26 Å². The monoisotopic (exact) mass is 661 g/mol. The van der Waals surface area contributed by atoms with Crippen LogP contribution in [0.4, 0.5) is 5.69 Å². The van der Waals surface area contributed by atoms with Gasteiger partial charge in [-0.15, -0.1) is 0 Å². The van der Waals surface area contributed by atoms with E-state index in [1.165, 1.54) is 31.4 Å². The van der Waals surface area contributed by atoms with E-state index < -0.39 is 23.9 Å². The fourth-order valence-corrected chi connectivity index (χ4v) is 4.91. The van der Waals surface area contributed by atoms with E-state index in [9.17, 15) is 24.3 Å². The summed E-state index contributed by atoms with van der Waals surface area (Å²) in [6.45, 7) is 2.81. The van der Waals surface area contributed by atoms with Gasteiger partial charge in [0.1, 0.15) is 17.5 Å². The Morgan fingerprint density at radius 3 is 2.00 bits per heavy atom. The molecule has 0 aliphatic heterocycles. The minimum Gasteiger partial charge on any atom is -0.494 e. The van der Waals surface area contributed by atoms with Crippen molar-refractivity contribution in [3.05, 3.63) is 125 Å². The van der Waals surface area contributed by atoms with Crippen LogP contribution >= 0.6 is 0 Å². The van der Waals surface area contributed by atoms with Crippen LogP contribution < -0.4 is 20.1 Å². The molecule has 0 aliphatic rings. The lowest BCUT2D eigenvalue weighted by Gasteiger charge is -2.15. The van der Waals surface area contributed by atoms with Crippen LogP contribution in [-0.2, 0) is 22.4 Å². The highest BCUT2D eigenvalue weighted by atomic mass is 16.5. The third-order valence-electron chi connectivity index (χ3n) is 7.66. The molecular formula is C39H39N3O7. The number of anilines is 1. The molecule has 0 saturated carbocycles. The summed E-state index contributed by atoms with van der Waals surface area (Å²) in [6, 6.07) is 26.8. The van der Waals surface area contributed by atoms with Gasteiger partial charge in [-0.05, 0) is 90.3 Å². The van der Waals surface area contributed by atoms with Gasteiger partial charge in [0, 0.05) is 17.7 Å². The zero-order valence-electron chi connectivity index (χ0n) is 27.3. The number of nitrogens with zero attached hydrogens (tertiary/aromatic N) is 1. The fourth-order valence-electron chi connectivity index (χ4n) is 4.91. The van der Waals surface area contributed by atoms with Crippen molar-refractivity contribution < 1.29 is 33.8 Å². The Hall–Kier alpha value is -5.95. The lowest BCUT2D eigenvalue weighted by atomic mass is 10.0. The summed E-state index contributed by atoms with van der Waals surface area (Å²) in [6.07, 6.45) is 5.85. The lowest BCUT2D eigenvalue weighted by Crippen LogP contribution is -2.42. The first-order valence-electron chi connectivity index (χ1n) is 16.2. The lowest BCUT2D eigenvalue weighted by molar-refractivity contribution is -0.139. The predicted molar refractivity (Wildman–Crippen MR) is 185 cm³/mol. The molecule has 10 heteroatoms. The number of amides is 2. The van der Waals surface area contributed by atoms with Gasteiger partial charge in [-0.25, -0.2) is 9.59 Å². The number of carboxylic acids is 1. The molecule has 0 fully saturated rings. The summed E-state index contributed by atoms with van der Waals surface area (Å²) in [4.78, 5) is 49.9. The second-order valence-corrected chi connectivity index (χ2v) is 11.5. The molecule has 4 rings (SSSR count). The van der Waals surface area contributed by atoms with Gasteiger partial charge in [0.15, 0.2) is 0 Å². The minimum absolute atomic E-state index is 0.00114. The Morgan fingerprint density at radius 1 is 0.755 bits per heavy atom. The Labute approximate surface area is 285 Å². The van der Waals surface area contributed by atoms with Crippen molar-refractivity contribution in [3.63, 3.8) is 0 Å². The van der Waals surface area contributed by atoms with Crippen LogP contribution in [0.5, 0.6) is 11.5 Å². The van der Waals surface area contributed by atoms with Crippen LogP contribution in [0.25, 0.3) is 0 Å². The summed E-state index contributed by atoms with van der Waals surface area (Å²) < 4.78 is 11.2. The van der Waals surface area contributed by atoms with E-state index in [1.54, 1.807) is 84.9 Å². The van der Waals surface area contributed by atoms with Gasteiger partial charge in [0.2, 0.25) is 5.91 Å². The molecule has 0 bridgehead atoms. The van der Waals surface area contributed by atoms with Crippen LogP contribution in [0.3, 0.4) is 0 Å². The maximum atomic E-state index is 12.9. The van der Waals surface area contributed by atoms with Crippen LogP contribution in [0, 0.1) is 11.3 Å². The number of nitrogens with one attached hydrogen (secondary N) is 2. The van der Waals surface area contributed by atoms with Crippen molar-refractivity contribution in [1.29, 1.82) is 5.26 Å². The average molecular weight is 662 g/mol. The van der Waals surface area contributed by atoms with Crippen molar-refractivity contribution in [3.8, 4) is 17.6 Å². The highest BCUT2D eigenvalue weighted by Gasteiger charge is 2.21. The number of hydrogen-bond donors (Lipinski definition) is 3. The number of nitriles is 1. The molecular weight excluding hydrogens is 622 g/mol. The molecule has 2 amide bonds. The SMILES string of the molecule is CCCCCCCOc1ccc(C(=O)Oc2ccc(CC(NC(=O)c3ccc(NC(=O)Cc4ccc(C#N)cc4)cc3)C(=O)O)cc2)cc1. The van der Waals surface area contributed by atoms with E-state index >= 15 is 0 Å². The summed E-state index contributed by atoms with van der Waals surface area (Å²) >= 11 is 0. The molecule has 10 nitrogen and oxygen atoms in total. The highest BCUT2D eigenvalue weighted by molar-refractivity contribution is 5.98. The molecule has 252 valence electrons. The fraction of sp³-hybridized carbons (Fsp3) is 0.256. The van der Waals surface area contributed by atoms with E-state index in [0.29, 0.717) is 40.5 Å². The van der Waals surface area contributed by atoms with Gasteiger partial charge in [-0.3, -0.25) is 9.59 Å². The number of esters is 1. The number of ether oxygens (including phenoxy) is 2. The molecule has 3 N–H and O–H groups in total. The van der Waals surface area contributed by atoms with Gasteiger partial charge < -0.3 is 25.2 Å². The van der Waals surface area contributed by atoms with Gasteiger partial charge in [0.25, 0.3) is 5.91 Å². The van der Waals surface area contributed by atoms with E-state index in [2.05, 4.69) is 17.6 Å². The largest absolute Gasteiger partial charge is 0.494 e. The number of hydrogen-bond acceptors (Lipinski definition) is 7. The van der Waals surface area contributed by atoms with Gasteiger partial charge in [-0.1, -0.05) is 56.9 Å². The standard InChI is InChI=1S/C39H39N3O7/c1-2-3-4-5-6-23-48-33-21-15-31(16-22-33)39(47)49-34-19-11-27(12-20-34)24-35(38(45)46)42-37(44)30-13-17-32(18-14-30)41-36(43)25-28-7-9-29(26-40)10-8-28/h7-22,35H,2-6,23-25H2,1H3,(H,41,43)(H,42,44)(H,45,46). The first-order chi connectivity index (χ1) is 23.7. The second kappa shape index (κ2) is 18.4. The summed E-state index contributed by atoms with van der Waals surface area (Å²) in [7, 11) is 0. The summed E-state index contributed by atoms with van der Waals surface area (Å²) in [5.41, 5.74) is 2.93. The molecule has 4 aromatic rings. The third-order valence-corrected chi connectivity index (χ3v) is 7.66. The first-order valence-corrected chi connectivity index (χ1v) is 16.2. The molecule has 49 heavy (non-hydrogen) atoms. The molecule has 0 radical (unpaired) electrons. The Morgan fingerprint density at radius 2 is 1.37 bits per heavy atom. The minimum atomic E-state index is -1.22. The first kappa shape index (κ1) is 35.9. The van der Waals surface area contributed by atoms with Crippen molar-refractivity contribution in [2.75, 3.05) is 11.9 Å².